The molecule has 0 amide bonds. The van der Waals surface area contributed by atoms with Crippen molar-refractivity contribution in [2.24, 2.45) is 0 Å². The van der Waals surface area contributed by atoms with Crippen molar-refractivity contribution in [2.45, 2.75) is 31.2 Å². The second kappa shape index (κ2) is 5.47. The number of fused-ring (bicyclic) bond motifs is 1. The summed E-state index contributed by atoms with van der Waals surface area (Å²) in [5, 5.41) is 16.2. The minimum Gasteiger partial charge on any atom is -0.394 e. The largest absolute Gasteiger partial charge is 0.394 e. The SMILES string of the molecule is C[C@@]1(F)C[C@@H](CO)O[C@H]1c1cc(-c2nccs2)c2c(N)ncnn12. The molecule has 3 aromatic rings. The molecule has 0 bridgehead atoms. The van der Waals surface area contributed by atoms with Crippen LogP contribution in [0.4, 0.5) is 10.2 Å². The fourth-order valence-electron chi connectivity index (χ4n) is 3.22. The van der Waals surface area contributed by atoms with Gasteiger partial charge in [0, 0.05) is 23.6 Å². The van der Waals surface area contributed by atoms with Crippen molar-refractivity contribution < 1.29 is 14.2 Å². The van der Waals surface area contributed by atoms with Gasteiger partial charge in [-0.3, -0.25) is 0 Å². The van der Waals surface area contributed by atoms with Crippen LogP contribution in [0.3, 0.4) is 0 Å². The Morgan fingerprint density at radius 2 is 2.38 bits per heavy atom. The molecule has 0 aliphatic carbocycles. The number of hydrogen-bond donors (Lipinski definition) is 2. The van der Waals surface area contributed by atoms with Crippen LogP contribution in [0.1, 0.15) is 25.1 Å². The predicted molar refractivity (Wildman–Crippen MR) is 87.3 cm³/mol. The molecule has 0 aromatic carbocycles. The highest BCUT2D eigenvalue weighted by molar-refractivity contribution is 7.13. The Kier molecular flexibility index (Phi) is 3.52. The van der Waals surface area contributed by atoms with E-state index >= 15 is 4.39 Å². The number of nitrogen functional groups attached to an aromatic ring is 1. The summed E-state index contributed by atoms with van der Waals surface area (Å²) in [7, 11) is 0. The highest BCUT2D eigenvalue weighted by Crippen LogP contribution is 2.46. The number of rotatable bonds is 3. The van der Waals surface area contributed by atoms with Gasteiger partial charge in [0.15, 0.2) is 5.82 Å². The first-order valence-corrected chi connectivity index (χ1v) is 8.36. The minimum absolute atomic E-state index is 0.120. The lowest BCUT2D eigenvalue weighted by Crippen LogP contribution is -2.24. The number of aromatic nitrogens is 4. The van der Waals surface area contributed by atoms with E-state index in [4.69, 9.17) is 10.5 Å². The number of ether oxygens (including phenoxy) is 1. The van der Waals surface area contributed by atoms with E-state index in [1.165, 1.54) is 24.6 Å². The van der Waals surface area contributed by atoms with Crippen molar-refractivity contribution in [1.82, 2.24) is 19.6 Å². The first-order chi connectivity index (χ1) is 11.5. The average Bonchev–Trinajstić information content (AvgIpc) is 3.24. The summed E-state index contributed by atoms with van der Waals surface area (Å²) in [5.74, 6) is 0.290. The maximum absolute atomic E-state index is 15.0. The van der Waals surface area contributed by atoms with Crippen molar-refractivity contribution >= 4 is 22.7 Å². The Hall–Kier alpha value is -2.10. The summed E-state index contributed by atoms with van der Waals surface area (Å²) in [6.45, 7) is 1.25. The molecule has 3 aromatic heterocycles. The number of alkyl halides is 1. The van der Waals surface area contributed by atoms with E-state index in [-0.39, 0.29) is 13.0 Å². The molecule has 3 atom stereocenters. The number of nitrogens with zero attached hydrogens (tertiary/aromatic N) is 4. The van der Waals surface area contributed by atoms with Crippen LogP contribution in [0.15, 0.2) is 24.0 Å². The minimum atomic E-state index is -1.62. The number of aliphatic hydroxyl groups excluding tert-OH is 1. The summed E-state index contributed by atoms with van der Waals surface area (Å²) >= 11 is 1.45. The molecule has 9 heteroatoms. The summed E-state index contributed by atoms with van der Waals surface area (Å²) in [6.07, 6.45) is 1.74. The van der Waals surface area contributed by atoms with Crippen LogP contribution in [0, 0.1) is 0 Å². The van der Waals surface area contributed by atoms with Crippen molar-refractivity contribution in [3.8, 4) is 10.6 Å². The van der Waals surface area contributed by atoms with E-state index in [0.29, 0.717) is 17.0 Å². The molecule has 7 nitrogen and oxygen atoms in total. The molecule has 24 heavy (non-hydrogen) atoms. The molecule has 0 radical (unpaired) electrons. The van der Waals surface area contributed by atoms with Crippen molar-refractivity contribution in [1.29, 1.82) is 0 Å². The van der Waals surface area contributed by atoms with Crippen LogP contribution < -0.4 is 5.73 Å². The number of aliphatic hydroxyl groups is 1. The normalized spacial score (nSPS) is 27.1. The van der Waals surface area contributed by atoms with Gasteiger partial charge in [-0.1, -0.05) is 0 Å². The Balaban J connectivity index is 1.93. The summed E-state index contributed by atoms with van der Waals surface area (Å²) in [5.41, 5.74) is 6.25. The van der Waals surface area contributed by atoms with Gasteiger partial charge in [-0.25, -0.2) is 18.9 Å². The lowest BCUT2D eigenvalue weighted by molar-refractivity contribution is -0.0194. The maximum Gasteiger partial charge on any atom is 0.152 e. The molecule has 1 saturated heterocycles. The topological polar surface area (TPSA) is 98.6 Å². The first kappa shape index (κ1) is 15.4. The predicted octanol–water partition coefficient (Wildman–Crippen LogP) is 1.99. The van der Waals surface area contributed by atoms with Gasteiger partial charge in [0.05, 0.1) is 18.4 Å². The molecule has 1 aliphatic heterocycles. The van der Waals surface area contributed by atoms with E-state index in [2.05, 4.69) is 15.1 Å². The van der Waals surface area contributed by atoms with Crippen LogP contribution in [-0.4, -0.2) is 43.1 Å². The molecule has 1 aliphatic rings. The van der Waals surface area contributed by atoms with Crippen molar-refractivity contribution in [3.05, 3.63) is 29.7 Å². The number of anilines is 1. The lowest BCUT2D eigenvalue weighted by atomic mass is 9.96. The van der Waals surface area contributed by atoms with E-state index in [0.717, 1.165) is 10.6 Å². The highest BCUT2D eigenvalue weighted by Gasteiger charge is 2.48. The van der Waals surface area contributed by atoms with Gasteiger partial charge >= 0.3 is 0 Å². The quantitative estimate of drug-likeness (QED) is 0.750. The van der Waals surface area contributed by atoms with Gasteiger partial charge in [-0.2, -0.15) is 5.10 Å². The molecule has 3 N–H and O–H groups in total. The molecule has 4 rings (SSSR count). The van der Waals surface area contributed by atoms with E-state index < -0.39 is 17.9 Å². The third kappa shape index (κ3) is 2.27. The molecule has 0 spiro atoms. The van der Waals surface area contributed by atoms with E-state index in [1.807, 2.05) is 5.38 Å². The number of hydrogen-bond acceptors (Lipinski definition) is 7. The standard InChI is InChI=1S/C15H16FN5O2S/c1-15(16)5-8(6-22)23-12(15)10-4-9(14-18-2-3-24-14)11-13(17)19-7-20-21(10)11/h2-4,7-8,12,22H,5-6H2,1H3,(H2,17,19,20)/t8-,12-,15+/m0/s1. The maximum atomic E-state index is 15.0. The lowest BCUT2D eigenvalue weighted by Gasteiger charge is -2.20. The third-order valence-corrected chi connectivity index (χ3v) is 5.05. The summed E-state index contributed by atoms with van der Waals surface area (Å²) in [4.78, 5) is 8.34. The number of nitrogens with two attached hydrogens (primary N) is 1. The van der Waals surface area contributed by atoms with Gasteiger partial charge < -0.3 is 15.6 Å². The third-order valence-electron chi connectivity index (χ3n) is 4.25. The van der Waals surface area contributed by atoms with Crippen LogP contribution in [-0.2, 0) is 4.74 Å². The Morgan fingerprint density at radius 3 is 3.04 bits per heavy atom. The first-order valence-electron chi connectivity index (χ1n) is 7.48. The van der Waals surface area contributed by atoms with Gasteiger partial charge in [0.1, 0.15) is 28.6 Å². The van der Waals surface area contributed by atoms with Crippen LogP contribution in [0.25, 0.3) is 16.1 Å². The second-order valence-electron chi connectivity index (χ2n) is 6.03. The zero-order chi connectivity index (χ0) is 16.9. The second-order valence-corrected chi connectivity index (χ2v) is 6.92. The zero-order valence-corrected chi connectivity index (χ0v) is 13.7. The molecule has 4 heterocycles. The summed E-state index contributed by atoms with van der Waals surface area (Å²) in [6, 6.07) is 1.79. The fourth-order valence-corrected chi connectivity index (χ4v) is 3.87. The van der Waals surface area contributed by atoms with Crippen molar-refractivity contribution in [2.75, 3.05) is 12.3 Å². The zero-order valence-electron chi connectivity index (χ0n) is 12.9. The van der Waals surface area contributed by atoms with Crippen LogP contribution in [0.2, 0.25) is 0 Å². The Labute approximate surface area is 140 Å². The number of thiazole rings is 1. The molecule has 0 saturated carbocycles. The Morgan fingerprint density at radius 1 is 1.54 bits per heavy atom. The molecule has 0 unspecified atom stereocenters. The van der Waals surface area contributed by atoms with Gasteiger partial charge in [0.2, 0.25) is 0 Å². The molecule has 1 fully saturated rings. The van der Waals surface area contributed by atoms with Gasteiger partial charge in [0.25, 0.3) is 0 Å². The van der Waals surface area contributed by atoms with Crippen LogP contribution in [0.5, 0.6) is 0 Å². The smallest absolute Gasteiger partial charge is 0.152 e. The number of halogens is 1. The van der Waals surface area contributed by atoms with E-state index in [9.17, 15) is 5.11 Å². The molecular weight excluding hydrogens is 333 g/mol. The highest BCUT2D eigenvalue weighted by atomic mass is 32.1. The van der Waals surface area contributed by atoms with E-state index in [1.54, 1.807) is 16.8 Å². The van der Waals surface area contributed by atoms with Crippen molar-refractivity contribution in [3.63, 3.8) is 0 Å². The fraction of sp³-hybridized carbons (Fsp3) is 0.400. The Bertz CT molecular complexity index is 880. The molecular formula is C15H16FN5O2S. The van der Waals surface area contributed by atoms with Gasteiger partial charge in [-0.15, -0.1) is 11.3 Å². The monoisotopic (exact) mass is 349 g/mol. The molecule has 126 valence electrons. The average molecular weight is 349 g/mol. The van der Waals surface area contributed by atoms with Gasteiger partial charge in [-0.05, 0) is 13.0 Å². The summed E-state index contributed by atoms with van der Waals surface area (Å²) < 4.78 is 22.3. The van der Waals surface area contributed by atoms with Crippen LogP contribution >= 0.6 is 11.3 Å².